The van der Waals surface area contributed by atoms with Crippen LogP contribution in [0.25, 0.3) is 22.3 Å². The van der Waals surface area contributed by atoms with Gasteiger partial charge < -0.3 is 9.64 Å². The van der Waals surface area contributed by atoms with Crippen molar-refractivity contribution >= 4 is 40.2 Å². The van der Waals surface area contributed by atoms with Crippen LogP contribution in [0.1, 0.15) is 33.4 Å². The van der Waals surface area contributed by atoms with Gasteiger partial charge in [-0.3, -0.25) is 0 Å². The number of nitrogens with zero attached hydrogens (tertiary/aromatic N) is 1. The molecule has 2 nitrogen and oxygen atoms in total. The van der Waals surface area contributed by atoms with Gasteiger partial charge in [0.2, 0.25) is 0 Å². The second-order valence-electron chi connectivity index (χ2n) is 16.2. The number of hydrogen-bond acceptors (Lipinski definition) is 2. The Morgan fingerprint density at radius 1 is 0.417 bits per heavy atom. The van der Waals surface area contributed by atoms with E-state index in [1.165, 1.54) is 61.1 Å². The smallest absolute Gasteiger partial charge is 0.252 e. The van der Waals surface area contributed by atoms with Crippen molar-refractivity contribution in [3.8, 4) is 33.8 Å². The molecule has 2 aliphatic rings. The van der Waals surface area contributed by atoms with Crippen LogP contribution in [0.2, 0.25) is 0 Å². The zero-order valence-corrected chi connectivity index (χ0v) is 33.7. The highest BCUT2D eigenvalue weighted by Gasteiger charge is 2.47. The van der Waals surface area contributed by atoms with Gasteiger partial charge in [0.15, 0.2) is 0 Å². The molecule has 2 heterocycles. The van der Waals surface area contributed by atoms with Gasteiger partial charge in [-0.1, -0.05) is 205 Å². The summed E-state index contributed by atoms with van der Waals surface area (Å²) >= 11 is 0. The van der Waals surface area contributed by atoms with Crippen molar-refractivity contribution in [1.82, 2.24) is 0 Å². The van der Waals surface area contributed by atoms with Gasteiger partial charge in [-0.15, -0.1) is 0 Å². The Morgan fingerprint density at radius 3 is 1.45 bits per heavy atom. The molecule has 0 amide bonds. The van der Waals surface area contributed by atoms with E-state index in [1.54, 1.807) is 0 Å². The van der Waals surface area contributed by atoms with Gasteiger partial charge in [0.25, 0.3) is 6.71 Å². The van der Waals surface area contributed by atoms with Gasteiger partial charge in [-0.2, -0.15) is 0 Å². The number of ether oxygens (including phenoxy) is 1. The Bertz CT molecular complexity index is 2880. The molecular weight excluding hydrogens is 725 g/mol. The van der Waals surface area contributed by atoms with Crippen molar-refractivity contribution in [2.45, 2.75) is 19.3 Å². The number of anilines is 3. The molecule has 0 atom stereocenters. The quantitative estimate of drug-likeness (QED) is 0.156. The van der Waals surface area contributed by atoms with Gasteiger partial charge in [-0.05, 0) is 93.5 Å². The van der Waals surface area contributed by atoms with Gasteiger partial charge in [-0.25, -0.2) is 0 Å². The molecule has 9 aromatic carbocycles. The molecule has 0 saturated heterocycles. The molecule has 0 bridgehead atoms. The molecule has 0 radical (unpaired) electrons. The summed E-state index contributed by atoms with van der Waals surface area (Å²) < 4.78 is 7.02. The highest BCUT2D eigenvalue weighted by atomic mass is 16.5. The van der Waals surface area contributed by atoms with Crippen LogP contribution in [0.5, 0.6) is 11.5 Å². The first-order valence-electron chi connectivity index (χ1n) is 20.9. The maximum atomic E-state index is 7.02. The standard InChI is InChI=1S/C57H42BNO/c1-39-30-34-52-48(36-39)57(43-22-11-5-12-23-43,44-24-13-6-14-25-44)49-37-40(2)31-35-53(49)59(52)45-32-33-51-55(38-45)60-54-29-16-15-28-50(54)58(51)56-46(41-18-7-3-8-19-41)26-17-27-47(56)42-20-9-4-10-21-42/h3-38H,1-2H3. The molecule has 3 heteroatoms. The van der Waals surface area contributed by atoms with E-state index >= 15 is 0 Å². The van der Waals surface area contributed by atoms with Gasteiger partial charge >= 0.3 is 0 Å². The molecule has 0 fully saturated rings. The Morgan fingerprint density at radius 2 is 0.900 bits per heavy atom. The zero-order valence-electron chi connectivity index (χ0n) is 33.7. The van der Waals surface area contributed by atoms with Crippen molar-refractivity contribution in [2.75, 3.05) is 4.90 Å². The van der Waals surface area contributed by atoms with Crippen LogP contribution < -0.4 is 26.0 Å². The van der Waals surface area contributed by atoms with Crippen LogP contribution in [0.3, 0.4) is 0 Å². The third-order valence-electron chi connectivity index (χ3n) is 12.6. The first-order chi connectivity index (χ1) is 29.6. The number of benzene rings is 9. The van der Waals surface area contributed by atoms with Crippen molar-refractivity contribution < 1.29 is 4.74 Å². The minimum atomic E-state index is -0.550. The fourth-order valence-corrected chi connectivity index (χ4v) is 10.0. The van der Waals surface area contributed by atoms with Gasteiger partial charge in [0, 0.05) is 11.8 Å². The Kier molecular flexibility index (Phi) is 8.64. The summed E-state index contributed by atoms with van der Waals surface area (Å²) in [5, 5.41) is 0. The third kappa shape index (κ3) is 5.65. The normalized spacial score (nSPS) is 13.4. The molecule has 9 aromatic rings. The lowest BCUT2D eigenvalue weighted by Crippen LogP contribution is -2.56. The number of hydrogen-bond donors (Lipinski definition) is 0. The Hall–Kier alpha value is -7.36. The van der Waals surface area contributed by atoms with E-state index in [2.05, 4.69) is 237 Å². The average Bonchev–Trinajstić information content (AvgIpc) is 3.31. The van der Waals surface area contributed by atoms with Crippen LogP contribution in [0.4, 0.5) is 17.1 Å². The van der Waals surface area contributed by atoms with Crippen LogP contribution in [0, 0.1) is 13.8 Å². The predicted molar refractivity (Wildman–Crippen MR) is 251 cm³/mol. The predicted octanol–water partition coefficient (Wildman–Crippen LogP) is 12.4. The summed E-state index contributed by atoms with van der Waals surface area (Å²) in [6.07, 6.45) is 0. The average molecular weight is 768 g/mol. The lowest BCUT2D eigenvalue weighted by atomic mass is 9.34. The van der Waals surface area contributed by atoms with Crippen LogP contribution in [-0.4, -0.2) is 6.71 Å². The van der Waals surface area contributed by atoms with E-state index in [1.807, 2.05) is 0 Å². The summed E-state index contributed by atoms with van der Waals surface area (Å²) in [6.45, 7) is 4.33. The molecule has 0 N–H and O–H groups in total. The third-order valence-corrected chi connectivity index (χ3v) is 12.6. The number of para-hydroxylation sites is 1. The van der Waals surface area contributed by atoms with Crippen molar-refractivity contribution in [1.29, 1.82) is 0 Å². The van der Waals surface area contributed by atoms with E-state index in [9.17, 15) is 0 Å². The highest BCUT2D eigenvalue weighted by molar-refractivity contribution is 6.98. The maximum absolute atomic E-state index is 7.02. The van der Waals surface area contributed by atoms with Crippen LogP contribution in [-0.2, 0) is 5.41 Å². The summed E-state index contributed by atoms with van der Waals surface area (Å²) in [7, 11) is 0. The molecule has 11 rings (SSSR count). The minimum absolute atomic E-state index is 0.0827. The number of rotatable bonds is 6. The minimum Gasteiger partial charge on any atom is -0.458 e. The fourth-order valence-electron chi connectivity index (χ4n) is 10.0. The molecule has 0 unspecified atom stereocenters. The second-order valence-corrected chi connectivity index (χ2v) is 16.2. The van der Waals surface area contributed by atoms with Gasteiger partial charge in [0.05, 0.1) is 16.8 Å². The summed E-state index contributed by atoms with van der Waals surface area (Å²) in [5.41, 5.74) is 18.7. The number of aryl methyl sites for hydroxylation is 2. The molecule has 0 spiro atoms. The molecule has 284 valence electrons. The molecule has 0 aliphatic carbocycles. The Labute approximate surface area is 353 Å². The lowest BCUT2D eigenvalue weighted by molar-refractivity contribution is 0.487. The molecule has 0 saturated carbocycles. The maximum Gasteiger partial charge on any atom is 0.252 e. The molecule has 60 heavy (non-hydrogen) atoms. The molecule has 2 aliphatic heterocycles. The second kappa shape index (κ2) is 14.5. The van der Waals surface area contributed by atoms with E-state index in [4.69, 9.17) is 4.74 Å². The summed E-state index contributed by atoms with van der Waals surface area (Å²) in [4.78, 5) is 2.46. The van der Waals surface area contributed by atoms with Crippen molar-refractivity contribution in [3.05, 3.63) is 252 Å². The SMILES string of the molecule is Cc1ccc2c(c1)C(c1ccccc1)(c1ccccc1)c1cc(C)ccc1N2c1ccc2c(c1)Oc1ccccc1B2c1c(-c2ccccc2)cccc1-c1ccccc1. The fraction of sp³-hybridized carbons (Fsp3) is 0.0526. The summed E-state index contributed by atoms with van der Waals surface area (Å²) in [5.74, 6) is 1.75. The first kappa shape index (κ1) is 35.8. The topological polar surface area (TPSA) is 12.5 Å². The van der Waals surface area contributed by atoms with E-state index in [0.717, 1.165) is 39.5 Å². The van der Waals surface area contributed by atoms with Crippen molar-refractivity contribution in [3.63, 3.8) is 0 Å². The van der Waals surface area contributed by atoms with Crippen LogP contribution >= 0.6 is 0 Å². The zero-order chi connectivity index (χ0) is 40.2. The van der Waals surface area contributed by atoms with Crippen molar-refractivity contribution in [2.24, 2.45) is 0 Å². The summed E-state index contributed by atoms with van der Waals surface area (Å²) in [6, 6.07) is 79.9. The molecule has 0 aromatic heterocycles. The monoisotopic (exact) mass is 767 g/mol. The van der Waals surface area contributed by atoms with Crippen LogP contribution in [0.15, 0.2) is 218 Å². The Balaban J connectivity index is 1.16. The van der Waals surface area contributed by atoms with E-state index in [-0.39, 0.29) is 6.71 Å². The van der Waals surface area contributed by atoms with E-state index in [0.29, 0.717) is 0 Å². The van der Waals surface area contributed by atoms with E-state index < -0.39 is 5.41 Å². The number of fused-ring (bicyclic) bond motifs is 4. The largest absolute Gasteiger partial charge is 0.458 e. The lowest BCUT2D eigenvalue weighted by Gasteiger charge is -2.47. The highest BCUT2D eigenvalue weighted by Crippen LogP contribution is 2.58. The molecular formula is C57H42BNO. The van der Waals surface area contributed by atoms with Gasteiger partial charge in [0.1, 0.15) is 11.5 Å². The first-order valence-corrected chi connectivity index (χ1v) is 20.9.